The number of ether oxygens (including phenoxy) is 2. The molecule has 222 valence electrons. The average Bonchev–Trinajstić information content (AvgIpc) is 3.66. The van der Waals surface area contributed by atoms with Crippen molar-refractivity contribution < 1.29 is 32.6 Å². The first-order chi connectivity index (χ1) is 20.5. The minimum atomic E-state index is -1.29. The first-order valence-electron chi connectivity index (χ1n) is 14.2. The Morgan fingerprint density at radius 3 is 2.51 bits per heavy atom. The van der Waals surface area contributed by atoms with Crippen LogP contribution in [0, 0.1) is 17.0 Å². The van der Waals surface area contributed by atoms with Crippen molar-refractivity contribution >= 4 is 29.2 Å². The lowest BCUT2D eigenvalue weighted by atomic mass is 9.73. The summed E-state index contributed by atoms with van der Waals surface area (Å²) < 4.78 is 40.5. The first-order valence-corrected chi connectivity index (χ1v) is 14.2. The number of anilines is 2. The molecule has 3 aromatic rings. The van der Waals surface area contributed by atoms with E-state index in [2.05, 4.69) is 15.6 Å². The molecule has 2 aromatic carbocycles. The van der Waals surface area contributed by atoms with Crippen LogP contribution in [0.25, 0.3) is 0 Å². The molecule has 0 saturated carbocycles. The molecule has 0 unspecified atom stereocenters. The second-order valence-electron chi connectivity index (χ2n) is 12.3. The molecule has 3 amide bonds. The third-order valence-corrected chi connectivity index (χ3v) is 9.39. The van der Waals surface area contributed by atoms with Gasteiger partial charge in [0.15, 0.2) is 5.79 Å². The van der Waals surface area contributed by atoms with Gasteiger partial charge in [-0.05, 0) is 73.7 Å². The summed E-state index contributed by atoms with van der Waals surface area (Å²) in [7, 11) is 0. The van der Waals surface area contributed by atoms with Crippen molar-refractivity contribution in [2.75, 3.05) is 30.4 Å². The number of piperidine rings is 1. The number of carbonyl (C=O) groups excluding carboxylic acids is 3. The zero-order valence-electron chi connectivity index (χ0n) is 23.7. The molecule has 2 spiro atoms. The number of benzene rings is 2. The van der Waals surface area contributed by atoms with Crippen LogP contribution in [0.3, 0.4) is 0 Å². The Bertz CT molecular complexity index is 1670. The molecule has 4 aliphatic rings. The van der Waals surface area contributed by atoms with Gasteiger partial charge in [0, 0.05) is 29.9 Å². The predicted octanol–water partition coefficient (Wildman–Crippen LogP) is 4.03. The van der Waals surface area contributed by atoms with E-state index < -0.39 is 46.1 Å². The van der Waals surface area contributed by atoms with Crippen molar-refractivity contribution in [1.29, 1.82) is 0 Å². The normalized spacial score (nSPS) is 24.7. The van der Waals surface area contributed by atoms with Crippen molar-refractivity contribution in [2.45, 2.75) is 50.4 Å². The van der Waals surface area contributed by atoms with Crippen LogP contribution in [0.4, 0.5) is 20.3 Å². The van der Waals surface area contributed by atoms with Gasteiger partial charge in [-0.1, -0.05) is 12.1 Å². The van der Waals surface area contributed by atoms with Crippen molar-refractivity contribution in [3.05, 3.63) is 88.6 Å². The SMILES string of the molecule is CC1(C)C(=O)N(CC(=O)Nc2ccc3c(c2)C[C@@]2(C3)C(=O)Nc3ncccc32)[C@H](c2cc(F)cc(F)c2)CC12OCCO2. The molecule has 2 saturated heterocycles. The summed E-state index contributed by atoms with van der Waals surface area (Å²) in [6, 6.07) is 11.5. The Balaban J connectivity index is 1.14. The largest absolute Gasteiger partial charge is 0.346 e. The van der Waals surface area contributed by atoms with Crippen molar-refractivity contribution in [1.82, 2.24) is 9.88 Å². The summed E-state index contributed by atoms with van der Waals surface area (Å²) in [5.74, 6) is -3.29. The van der Waals surface area contributed by atoms with Crippen LogP contribution in [-0.4, -0.2) is 53.2 Å². The van der Waals surface area contributed by atoms with Gasteiger partial charge in [0.05, 0.1) is 30.1 Å². The van der Waals surface area contributed by atoms with Gasteiger partial charge in [-0.25, -0.2) is 13.8 Å². The third-order valence-electron chi connectivity index (χ3n) is 9.39. The van der Waals surface area contributed by atoms with Crippen LogP contribution < -0.4 is 10.6 Å². The maximum atomic E-state index is 14.3. The smallest absolute Gasteiger partial charge is 0.244 e. The summed E-state index contributed by atoms with van der Waals surface area (Å²) >= 11 is 0. The molecule has 2 fully saturated rings. The third kappa shape index (κ3) is 4.24. The van der Waals surface area contributed by atoms with Gasteiger partial charge in [0.1, 0.15) is 24.0 Å². The van der Waals surface area contributed by atoms with Gasteiger partial charge in [0.2, 0.25) is 17.7 Å². The summed E-state index contributed by atoms with van der Waals surface area (Å²) in [6.07, 6.45) is 2.73. The van der Waals surface area contributed by atoms with E-state index in [1.54, 1.807) is 26.1 Å². The maximum absolute atomic E-state index is 14.3. The van der Waals surface area contributed by atoms with Crippen LogP contribution in [0.2, 0.25) is 0 Å². The summed E-state index contributed by atoms with van der Waals surface area (Å²) in [5.41, 5.74) is 1.62. The Morgan fingerprint density at radius 2 is 1.77 bits per heavy atom. The standard InChI is InChI=1S/C32H30F2N4O5/c1-30(2)29(41)38(25(16-32(30)42-8-9-43-32)19-10-21(33)13-22(34)11-19)17-26(39)36-23-6-5-18-14-31(15-20(18)12-23)24-4-3-7-35-27(24)37-28(31)40/h3-7,10-13,25H,8-9,14-17H2,1-2H3,(H,36,39)(H,35,37,40)/t25-,31+/m0/s1. The van der Waals surface area contributed by atoms with E-state index in [0.717, 1.165) is 34.9 Å². The average molecular weight is 589 g/mol. The van der Waals surface area contributed by atoms with Gasteiger partial charge < -0.3 is 25.0 Å². The van der Waals surface area contributed by atoms with Gasteiger partial charge in [-0.2, -0.15) is 0 Å². The van der Waals surface area contributed by atoms with Crippen molar-refractivity contribution in [3.63, 3.8) is 0 Å². The van der Waals surface area contributed by atoms with Crippen LogP contribution in [0.1, 0.15) is 48.6 Å². The van der Waals surface area contributed by atoms with Crippen LogP contribution in [0.5, 0.6) is 0 Å². The molecule has 11 heteroatoms. The molecule has 4 heterocycles. The molecule has 2 N–H and O–H groups in total. The zero-order chi connectivity index (χ0) is 30.1. The van der Waals surface area contributed by atoms with Gasteiger partial charge in [0.25, 0.3) is 0 Å². The molecule has 1 aliphatic carbocycles. The molecule has 9 nitrogen and oxygen atoms in total. The van der Waals surface area contributed by atoms with Gasteiger partial charge in [-0.15, -0.1) is 0 Å². The number of nitrogens with zero attached hydrogens (tertiary/aromatic N) is 2. The topological polar surface area (TPSA) is 110 Å². The fourth-order valence-corrected chi connectivity index (χ4v) is 7.16. The Labute approximate surface area is 246 Å². The molecule has 0 radical (unpaired) electrons. The van der Waals surface area contributed by atoms with Crippen LogP contribution in [-0.2, 0) is 42.1 Å². The van der Waals surface area contributed by atoms with Crippen molar-refractivity contribution in [2.24, 2.45) is 5.41 Å². The maximum Gasteiger partial charge on any atom is 0.244 e. The van der Waals surface area contributed by atoms with E-state index in [1.165, 1.54) is 4.90 Å². The molecule has 0 bridgehead atoms. The zero-order valence-corrected chi connectivity index (χ0v) is 23.7. The lowest BCUT2D eigenvalue weighted by Crippen LogP contribution is -2.63. The number of amides is 3. The fourth-order valence-electron chi connectivity index (χ4n) is 7.16. The predicted molar refractivity (Wildman–Crippen MR) is 151 cm³/mol. The molecule has 43 heavy (non-hydrogen) atoms. The number of likely N-dealkylation sites (tertiary alicyclic amines) is 1. The van der Waals surface area contributed by atoms with E-state index in [9.17, 15) is 23.2 Å². The van der Waals surface area contributed by atoms with Gasteiger partial charge in [-0.3, -0.25) is 14.4 Å². The second kappa shape index (κ2) is 9.65. The molecular formula is C32H30F2N4O5. The van der Waals surface area contributed by atoms with E-state index >= 15 is 0 Å². The minimum absolute atomic E-state index is 0.0953. The number of rotatable bonds is 4. The number of aromatic nitrogens is 1. The highest BCUT2D eigenvalue weighted by Gasteiger charge is 2.61. The lowest BCUT2D eigenvalue weighted by molar-refractivity contribution is -0.255. The molecule has 1 aromatic heterocycles. The highest BCUT2D eigenvalue weighted by Crippen LogP contribution is 2.52. The van der Waals surface area contributed by atoms with Crippen LogP contribution >= 0.6 is 0 Å². The second-order valence-corrected chi connectivity index (χ2v) is 12.3. The number of halogens is 2. The fraction of sp³-hybridized carbons (Fsp3) is 0.375. The Kier molecular flexibility index (Phi) is 6.19. The van der Waals surface area contributed by atoms with Crippen molar-refractivity contribution in [3.8, 4) is 0 Å². The van der Waals surface area contributed by atoms with Gasteiger partial charge >= 0.3 is 0 Å². The number of carbonyl (C=O) groups is 3. The summed E-state index contributed by atoms with van der Waals surface area (Å²) in [6.45, 7) is 3.59. The van der Waals surface area contributed by atoms with Crippen LogP contribution in [0.15, 0.2) is 54.7 Å². The summed E-state index contributed by atoms with van der Waals surface area (Å²) in [5, 5.41) is 5.76. The summed E-state index contributed by atoms with van der Waals surface area (Å²) in [4.78, 5) is 46.1. The molecule has 2 atom stereocenters. The number of hydrogen-bond donors (Lipinski definition) is 2. The number of fused-ring (bicyclic) bond motifs is 3. The molecular weight excluding hydrogens is 558 g/mol. The number of nitrogens with one attached hydrogen (secondary N) is 2. The van der Waals surface area contributed by atoms with E-state index in [-0.39, 0.29) is 37.6 Å². The number of pyridine rings is 1. The lowest BCUT2D eigenvalue weighted by Gasteiger charge is -2.52. The monoisotopic (exact) mass is 588 g/mol. The quantitative estimate of drug-likeness (QED) is 0.477. The number of hydrogen-bond acceptors (Lipinski definition) is 6. The highest BCUT2D eigenvalue weighted by atomic mass is 19.1. The Hall–Kier alpha value is -4.22. The highest BCUT2D eigenvalue weighted by molar-refractivity contribution is 6.06. The minimum Gasteiger partial charge on any atom is -0.346 e. The first kappa shape index (κ1) is 27.6. The molecule has 7 rings (SSSR count). The molecule has 3 aliphatic heterocycles. The van der Waals surface area contributed by atoms with E-state index in [4.69, 9.17) is 9.47 Å². The van der Waals surface area contributed by atoms with E-state index in [0.29, 0.717) is 24.3 Å². The Morgan fingerprint density at radius 1 is 1.05 bits per heavy atom. The van der Waals surface area contributed by atoms with E-state index in [1.807, 2.05) is 24.3 Å².